The number of hydrogen-bond acceptors (Lipinski definition) is 1. The number of rotatable bonds is 5. The highest BCUT2D eigenvalue weighted by atomic mass is 14.9. The van der Waals surface area contributed by atoms with Gasteiger partial charge in [0.15, 0.2) is 0 Å². The molecular weight excluding hydrogens is 182 g/mol. The van der Waals surface area contributed by atoms with Crippen LogP contribution in [0.2, 0.25) is 0 Å². The van der Waals surface area contributed by atoms with E-state index in [1.807, 2.05) is 0 Å². The quantitative estimate of drug-likeness (QED) is 0.669. The average molecular weight is 213 g/mol. The molecule has 1 aliphatic heterocycles. The summed E-state index contributed by atoms with van der Waals surface area (Å²) in [6, 6.07) is 0. The first-order valence-electron chi connectivity index (χ1n) is 7.02. The van der Waals surface area contributed by atoms with Gasteiger partial charge in [0.1, 0.15) is 0 Å². The number of unbranched alkanes of at least 4 members (excludes halogenated alkanes) is 5. The van der Waals surface area contributed by atoms with Crippen LogP contribution in [-0.2, 0) is 0 Å². The number of piperidine rings is 1. The van der Waals surface area contributed by atoms with Crippen molar-refractivity contribution in [3.05, 3.63) is 0 Å². The lowest BCUT2D eigenvalue weighted by atomic mass is 10.0. The fraction of sp³-hybridized carbons (Fsp3) is 1.00. The summed E-state index contributed by atoms with van der Waals surface area (Å²) < 4.78 is 0. The van der Waals surface area contributed by atoms with E-state index >= 15 is 0 Å². The van der Waals surface area contributed by atoms with Crippen molar-refractivity contribution in [2.75, 3.05) is 13.1 Å². The van der Waals surface area contributed by atoms with Crippen molar-refractivity contribution < 1.29 is 0 Å². The molecule has 1 saturated heterocycles. The predicted octanol–water partition coefficient (Wildman–Crippen LogP) is 4.37. The van der Waals surface area contributed by atoms with Gasteiger partial charge < -0.3 is 5.32 Å². The van der Waals surface area contributed by atoms with Crippen LogP contribution in [0.25, 0.3) is 0 Å². The minimum absolute atomic E-state index is 0.973. The lowest BCUT2D eigenvalue weighted by molar-refractivity contribution is 0.402. The van der Waals surface area contributed by atoms with Crippen molar-refractivity contribution in [2.24, 2.45) is 5.92 Å². The second-order valence-electron chi connectivity index (χ2n) is 4.85. The smallest absolute Gasteiger partial charge is 0.00464 e. The van der Waals surface area contributed by atoms with E-state index in [4.69, 9.17) is 0 Å². The largest absolute Gasteiger partial charge is 0.317 e. The summed E-state index contributed by atoms with van der Waals surface area (Å²) in [5.74, 6) is 0.973. The Labute approximate surface area is 97.0 Å². The zero-order valence-corrected chi connectivity index (χ0v) is 11.1. The van der Waals surface area contributed by atoms with Gasteiger partial charge >= 0.3 is 0 Å². The van der Waals surface area contributed by atoms with E-state index in [1.54, 1.807) is 0 Å². The second-order valence-corrected chi connectivity index (χ2v) is 4.85. The summed E-state index contributed by atoms with van der Waals surface area (Å²) in [5, 5.41) is 3.32. The molecule has 0 radical (unpaired) electrons. The van der Waals surface area contributed by atoms with Crippen molar-refractivity contribution in [1.29, 1.82) is 0 Å². The normalized spacial score (nSPS) is 17.0. The Kier molecular flexibility index (Phi) is 12.0. The van der Waals surface area contributed by atoms with Crippen LogP contribution >= 0.6 is 0 Å². The highest BCUT2D eigenvalue weighted by Gasteiger charge is 2.04. The zero-order valence-electron chi connectivity index (χ0n) is 11.1. The molecule has 0 amide bonds. The third-order valence-corrected chi connectivity index (χ3v) is 3.08. The molecule has 0 atom stereocenters. The van der Waals surface area contributed by atoms with Crippen LogP contribution in [-0.4, -0.2) is 13.1 Å². The monoisotopic (exact) mass is 213 g/mol. The lowest BCUT2D eigenvalue weighted by Gasteiger charge is -2.17. The molecule has 92 valence electrons. The van der Waals surface area contributed by atoms with Gasteiger partial charge in [-0.3, -0.25) is 0 Å². The van der Waals surface area contributed by atoms with E-state index in [9.17, 15) is 0 Å². The van der Waals surface area contributed by atoms with E-state index < -0.39 is 0 Å². The molecule has 0 saturated carbocycles. The summed E-state index contributed by atoms with van der Waals surface area (Å²) in [7, 11) is 0. The third-order valence-electron chi connectivity index (χ3n) is 3.08. The first-order chi connectivity index (χ1) is 7.31. The molecule has 1 N–H and O–H groups in total. The van der Waals surface area contributed by atoms with Crippen LogP contribution in [0.1, 0.15) is 72.1 Å². The van der Waals surface area contributed by atoms with Gasteiger partial charge in [-0.2, -0.15) is 0 Å². The summed E-state index contributed by atoms with van der Waals surface area (Å²) in [6.45, 7) is 9.31. The zero-order chi connectivity index (χ0) is 11.4. The Bertz CT molecular complexity index is 99.9. The molecule has 15 heavy (non-hydrogen) atoms. The Hall–Kier alpha value is -0.0400. The maximum Gasteiger partial charge on any atom is -0.00464 e. The molecule has 0 unspecified atom stereocenters. The first-order valence-corrected chi connectivity index (χ1v) is 7.02. The van der Waals surface area contributed by atoms with Gasteiger partial charge in [0.2, 0.25) is 0 Å². The summed E-state index contributed by atoms with van der Waals surface area (Å²) in [5.41, 5.74) is 0. The molecule has 1 rings (SSSR count). The van der Waals surface area contributed by atoms with Crippen LogP contribution in [0, 0.1) is 5.92 Å². The van der Waals surface area contributed by atoms with Crippen molar-refractivity contribution in [1.82, 2.24) is 5.32 Å². The molecule has 0 aromatic carbocycles. The molecule has 1 heterocycles. The molecular formula is C14H31N. The minimum atomic E-state index is 0.973. The van der Waals surface area contributed by atoms with E-state index in [0.717, 1.165) is 5.92 Å². The van der Waals surface area contributed by atoms with Gasteiger partial charge in [-0.1, -0.05) is 59.3 Å². The Morgan fingerprint density at radius 3 is 1.60 bits per heavy atom. The SMILES string of the molecule is CC1CCNCC1.CCCCCCCC. The van der Waals surface area contributed by atoms with Crippen LogP contribution in [0.15, 0.2) is 0 Å². The van der Waals surface area contributed by atoms with E-state index in [2.05, 4.69) is 26.1 Å². The lowest BCUT2D eigenvalue weighted by Crippen LogP contribution is -2.26. The third kappa shape index (κ3) is 11.9. The van der Waals surface area contributed by atoms with Crippen LogP contribution in [0.3, 0.4) is 0 Å². The van der Waals surface area contributed by atoms with Crippen molar-refractivity contribution in [3.8, 4) is 0 Å². The van der Waals surface area contributed by atoms with Gasteiger partial charge in [-0.15, -0.1) is 0 Å². The van der Waals surface area contributed by atoms with E-state index in [1.165, 1.54) is 64.5 Å². The Morgan fingerprint density at radius 2 is 1.33 bits per heavy atom. The molecule has 0 aromatic heterocycles. The van der Waals surface area contributed by atoms with Crippen LogP contribution < -0.4 is 5.32 Å². The van der Waals surface area contributed by atoms with Gasteiger partial charge in [0.25, 0.3) is 0 Å². The van der Waals surface area contributed by atoms with Crippen molar-refractivity contribution in [2.45, 2.75) is 72.1 Å². The highest BCUT2D eigenvalue weighted by molar-refractivity contribution is 4.62. The maximum absolute atomic E-state index is 3.32. The average Bonchev–Trinajstić information content (AvgIpc) is 2.27. The molecule has 1 aliphatic rings. The topological polar surface area (TPSA) is 12.0 Å². The standard InChI is InChI=1S/C8H18.C6H13N/c1-3-5-7-8-6-4-2;1-6-2-4-7-5-3-6/h3-8H2,1-2H3;6-7H,2-5H2,1H3. The predicted molar refractivity (Wildman–Crippen MR) is 70.3 cm³/mol. The summed E-state index contributed by atoms with van der Waals surface area (Å²) in [4.78, 5) is 0. The van der Waals surface area contributed by atoms with Gasteiger partial charge in [-0.05, 0) is 31.8 Å². The molecule has 1 nitrogen and oxygen atoms in total. The molecule has 0 aliphatic carbocycles. The molecule has 0 spiro atoms. The van der Waals surface area contributed by atoms with Crippen molar-refractivity contribution in [3.63, 3.8) is 0 Å². The van der Waals surface area contributed by atoms with Crippen LogP contribution in [0.5, 0.6) is 0 Å². The summed E-state index contributed by atoms with van der Waals surface area (Å²) >= 11 is 0. The number of hydrogen-bond donors (Lipinski definition) is 1. The molecule has 0 bridgehead atoms. The van der Waals surface area contributed by atoms with Gasteiger partial charge in [0, 0.05) is 0 Å². The second kappa shape index (κ2) is 12.0. The van der Waals surface area contributed by atoms with Gasteiger partial charge in [-0.25, -0.2) is 0 Å². The van der Waals surface area contributed by atoms with Crippen LogP contribution in [0.4, 0.5) is 0 Å². The van der Waals surface area contributed by atoms with E-state index in [-0.39, 0.29) is 0 Å². The first kappa shape index (κ1) is 15.0. The molecule has 1 heteroatoms. The molecule has 1 fully saturated rings. The Balaban J connectivity index is 0.000000262. The summed E-state index contributed by atoms with van der Waals surface area (Å²) in [6.07, 6.45) is 11.2. The van der Waals surface area contributed by atoms with Crippen molar-refractivity contribution >= 4 is 0 Å². The fourth-order valence-electron chi connectivity index (χ4n) is 1.82. The Morgan fingerprint density at radius 1 is 0.867 bits per heavy atom. The number of nitrogens with one attached hydrogen (secondary N) is 1. The maximum atomic E-state index is 3.32. The van der Waals surface area contributed by atoms with E-state index in [0.29, 0.717) is 0 Å². The van der Waals surface area contributed by atoms with Gasteiger partial charge in [0.05, 0.1) is 0 Å². The fourth-order valence-corrected chi connectivity index (χ4v) is 1.82. The molecule has 0 aromatic rings. The highest BCUT2D eigenvalue weighted by Crippen LogP contribution is 2.08. The minimum Gasteiger partial charge on any atom is -0.317 e.